The maximum Gasteiger partial charge on any atom is 2.00 e. The van der Waals surface area contributed by atoms with Crippen molar-refractivity contribution in [2.24, 2.45) is 9.98 Å². The SMILES string of the molecule is Cc1cc(C=NCCCN(C)CCCN=Cc2cc(C)cc(C(C)(C)C)c2[O-])c([O-])c(C(C)(C)C)c1.[Ni+2]. The number of aliphatic imine (C=N–C) groups is 2. The van der Waals surface area contributed by atoms with Gasteiger partial charge in [-0.15, -0.1) is 0 Å². The van der Waals surface area contributed by atoms with Crippen molar-refractivity contribution in [2.75, 3.05) is 33.2 Å². The molecule has 0 radical (unpaired) electrons. The summed E-state index contributed by atoms with van der Waals surface area (Å²) in [5.41, 5.74) is 4.87. The van der Waals surface area contributed by atoms with Gasteiger partial charge >= 0.3 is 16.5 Å². The van der Waals surface area contributed by atoms with Gasteiger partial charge in [-0.3, -0.25) is 9.98 Å². The van der Waals surface area contributed by atoms with E-state index in [-0.39, 0.29) is 38.8 Å². The first kappa shape index (κ1) is 32.9. The van der Waals surface area contributed by atoms with Gasteiger partial charge in [-0.25, -0.2) is 0 Å². The third kappa shape index (κ3) is 10.3. The Morgan fingerprint density at radius 1 is 0.703 bits per heavy atom. The van der Waals surface area contributed by atoms with E-state index < -0.39 is 0 Å². The van der Waals surface area contributed by atoms with Crippen LogP contribution in [0.2, 0.25) is 0 Å². The quantitative estimate of drug-likeness (QED) is 0.229. The third-order valence-corrected chi connectivity index (χ3v) is 6.25. The Labute approximate surface area is 235 Å². The zero-order chi connectivity index (χ0) is 27.1. The number of hydrogen-bond acceptors (Lipinski definition) is 5. The van der Waals surface area contributed by atoms with Crippen molar-refractivity contribution in [3.63, 3.8) is 0 Å². The molecule has 0 atom stereocenters. The van der Waals surface area contributed by atoms with Gasteiger partial charge in [0.1, 0.15) is 0 Å². The summed E-state index contributed by atoms with van der Waals surface area (Å²) >= 11 is 0. The minimum Gasteiger partial charge on any atom is -0.872 e. The molecule has 0 saturated heterocycles. The molecule has 0 aromatic heterocycles. The Hall–Kier alpha value is -2.17. The van der Waals surface area contributed by atoms with Crippen LogP contribution in [0.3, 0.4) is 0 Å². The number of aryl methyl sites for hydroxylation is 2. The monoisotopic (exact) mass is 549 g/mol. The van der Waals surface area contributed by atoms with Crippen molar-refractivity contribution in [3.05, 3.63) is 57.6 Å². The molecule has 2 rings (SSSR count). The second-order valence-corrected chi connectivity index (χ2v) is 12.0. The minimum absolute atomic E-state index is 0. The van der Waals surface area contributed by atoms with E-state index in [2.05, 4.69) is 63.5 Å². The molecule has 6 heteroatoms. The van der Waals surface area contributed by atoms with Gasteiger partial charge in [-0.05, 0) is 79.9 Å². The molecule has 0 fully saturated rings. The fraction of sp³-hybridized carbons (Fsp3) is 0.548. The van der Waals surface area contributed by atoms with E-state index in [4.69, 9.17) is 0 Å². The second-order valence-electron chi connectivity index (χ2n) is 12.0. The summed E-state index contributed by atoms with van der Waals surface area (Å²) in [6.07, 6.45) is 5.33. The van der Waals surface area contributed by atoms with Crippen LogP contribution >= 0.6 is 0 Å². The van der Waals surface area contributed by atoms with E-state index in [1.807, 2.05) is 38.1 Å². The molecule has 0 amide bonds. The van der Waals surface area contributed by atoms with Crippen molar-refractivity contribution in [1.82, 2.24) is 4.90 Å². The molecule has 0 aliphatic carbocycles. The predicted octanol–water partition coefficient (Wildman–Crippen LogP) is 5.29. The van der Waals surface area contributed by atoms with Crippen molar-refractivity contribution in [3.8, 4) is 11.5 Å². The molecule has 206 valence electrons. The van der Waals surface area contributed by atoms with Crippen molar-refractivity contribution >= 4 is 12.4 Å². The molecule has 2 aromatic rings. The van der Waals surface area contributed by atoms with Crippen LogP contribution < -0.4 is 10.2 Å². The summed E-state index contributed by atoms with van der Waals surface area (Å²) in [4.78, 5) is 11.3. The van der Waals surface area contributed by atoms with E-state index in [9.17, 15) is 10.2 Å². The average molecular weight is 550 g/mol. The van der Waals surface area contributed by atoms with E-state index in [0.29, 0.717) is 24.2 Å². The number of benzene rings is 2. The third-order valence-electron chi connectivity index (χ3n) is 6.25. The fourth-order valence-electron chi connectivity index (χ4n) is 4.21. The first-order valence-corrected chi connectivity index (χ1v) is 13.0. The van der Waals surface area contributed by atoms with Crippen LogP contribution in [0, 0.1) is 13.8 Å². The summed E-state index contributed by atoms with van der Waals surface area (Å²) in [5.74, 6) is 0.165. The van der Waals surface area contributed by atoms with Gasteiger partial charge in [0.25, 0.3) is 0 Å². The molecule has 0 aliphatic heterocycles. The normalized spacial score (nSPS) is 12.6. The van der Waals surface area contributed by atoms with Gasteiger partial charge in [0.15, 0.2) is 0 Å². The topological polar surface area (TPSA) is 74.1 Å². The molecule has 0 heterocycles. The standard InChI is InChI=1S/C31H47N3O2.Ni/c1-22-16-24(28(35)26(18-22)30(3,4)5)20-32-12-10-14-34(9)15-11-13-33-21-25-17-23(2)19-27(29(25)36)31(6,7)8;/h16-21,35-36H,10-15H2,1-9H3;/q;+2/p-2. The Morgan fingerprint density at radius 3 is 1.38 bits per heavy atom. The van der Waals surface area contributed by atoms with E-state index in [1.165, 1.54) is 0 Å². The first-order valence-electron chi connectivity index (χ1n) is 13.0. The number of hydrogen-bond donors (Lipinski definition) is 0. The second kappa shape index (κ2) is 14.1. The van der Waals surface area contributed by atoms with Gasteiger partial charge in [0.2, 0.25) is 0 Å². The van der Waals surface area contributed by atoms with Crippen LogP contribution in [0.1, 0.15) is 87.8 Å². The van der Waals surface area contributed by atoms with Crippen LogP contribution in [0.4, 0.5) is 0 Å². The van der Waals surface area contributed by atoms with Crippen molar-refractivity contribution in [2.45, 2.75) is 79.1 Å². The van der Waals surface area contributed by atoms with Gasteiger partial charge in [-0.1, -0.05) is 88.4 Å². The van der Waals surface area contributed by atoms with E-state index in [0.717, 1.165) is 48.2 Å². The van der Waals surface area contributed by atoms with Crippen LogP contribution in [0.15, 0.2) is 34.3 Å². The van der Waals surface area contributed by atoms with Gasteiger partial charge < -0.3 is 15.1 Å². The van der Waals surface area contributed by atoms with Gasteiger partial charge in [0.05, 0.1) is 0 Å². The zero-order valence-corrected chi connectivity index (χ0v) is 25.2. The molecular formula is C31H45N3NiO2. The van der Waals surface area contributed by atoms with Crippen LogP contribution in [0.25, 0.3) is 0 Å². The molecule has 0 aliphatic rings. The Bertz CT molecular complexity index is 994. The predicted molar refractivity (Wildman–Crippen MR) is 150 cm³/mol. The summed E-state index contributed by atoms with van der Waals surface area (Å²) < 4.78 is 0. The fourth-order valence-corrected chi connectivity index (χ4v) is 4.21. The molecule has 0 unspecified atom stereocenters. The van der Waals surface area contributed by atoms with E-state index in [1.54, 1.807) is 12.4 Å². The molecule has 2 aromatic carbocycles. The summed E-state index contributed by atoms with van der Waals surface area (Å²) in [6.45, 7) is 19.7. The summed E-state index contributed by atoms with van der Waals surface area (Å²) in [7, 11) is 2.10. The van der Waals surface area contributed by atoms with Crippen LogP contribution in [0.5, 0.6) is 11.5 Å². The van der Waals surface area contributed by atoms with Crippen LogP contribution in [-0.2, 0) is 27.3 Å². The molecule has 37 heavy (non-hydrogen) atoms. The molecule has 0 spiro atoms. The van der Waals surface area contributed by atoms with E-state index >= 15 is 0 Å². The molecule has 0 N–H and O–H groups in total. The van der Waals surface area contributed by atoms with Crippen LogP contribution in [-0.4, -0.2) is 50.6 Å². The largest absolute Gasteiger partial charge is 2.00 e. The molecule has 5 nitrogen and oxygen atoms in total. The average Bonchev–Trinajstić information content (AvgIpc) is 2.75. The van der Waals surface area contributed by atoms with Crippen molar-refractivity contribution < 1.29 is 26.7 Å². The maximum absolute atomic E-state index is 12.8. The smallest absolute Gasteiger partial charge is 0.872 e. The number of nitrogens with zero attached hydrogens (tertiary/aromatic N) is 3. The molecule has 0 bridgehead atoms. The minimum atomic E-state index is -0.175. The first-order chi connectivity index (χ1) is 16.7. The Morgan fingerprint density at radius 2 is 1.05 bits per heavy atom. The van der Waals surface area contributed by atoms with Gasteiger partial charge in [-0.2, -0.15) is 0 Å². The van der Waals surface area contributed by atoms with Crippen molar-refractivity contribution in [1.29, 1.82) is 0 Å². The van der Waals surface area contributed by atoms with Gasteiger partial charge in [0, 0.05) is 25.5 Å². The summed E-state index contributed by atoms with van der Waals surface area (Å²) in [6, 6.07) is 7.82. The zero-order valence-electron chi connectivity index (χ0n) is 24.2. The Kier molecular flexibility index (Phi) is 12.5. The summed E-state index contributed by atoms with van der Waals surface area (Å²) in [5, 5.41) is 25.5. The number of rotatable bonds is 10. The molecule has 0 saturated carbocycles. The molecular weight excluding hydrogens is 505 g/mol. The maximum atomic E-state index is 12.8. The Balaban J connectivity index is 0.00000684.